The third-order valence-corrected chi connectivity index (χ3v) is 4.09. The number of alkyl halides is 1. The van der Waals surface area contributed by atoms with E-state index in [0.717, 1.165) is 0 Å². The van der Waals surface area contributed by atoms with Crippen LogP contribution < -0.4 is 9.64 Å². The molecule has 0 aliphatic heterocycles. The van der Waals surface area contributed by atoms with Gasteiger partial charge in [0.15, 0.2) is 0 Å². The fraction of sp³-hybridized carbons (Fsp3) is 0.350. The topological polar surface area (TPSA) is 69.5 Å². The Bertz CT molecular complexity index is 807. The van der Waals surface area contributed by atoms with Crippen LogP contribution in [0.5, 0.6) is 5.75 Å². The van der Waals surface area contributed by atoms with Crippen LogP contribution in [0.2, 0.25) is 0 Å². The number of halogens is 1. The van der Waals surface area contributed by atoms with E-state index >= 15 is 0 Å². The van der Waals surface area contributed by atoms with Crippen LogP contribution >= 0.6 is 0 Å². The molecule has 0 aliphatic carbocycles. The standard InChI is InChI=1S/C20H23FN4O2/c1-3-25(12-11-24(2)19-14-16(15-22)8-10-23-19)20(26)17-6-4-5-7-18(17)27-13-9-21/h4-8,10,14H,3,9,11-13H2,1-2H3. The van der Waals surface area contributed by atoms with Crippen molar-refractivity contribution in [2.24, 2.45) is 0 Å². The number of carbonyl (C=O) groups is 1. The molecule has 27 heavy (non-hydrogen) atoms. The normalized spacial score (nSPS) is 10.1. The highest BCUT2D eigenvalue weighted by molar-refractivity contribution is 5.97. The molecule has 0 saturated carbocycles. The number of pyridine rings is 1. The predicted molar refractivity (Wildman–Crippen MR) is 102 cm³/mol. The van der Waals surface area contributed by atoms with Crippen molar-refractivity contribution in [1.29, 1.82) is 5.26 Å². The highest BCUT2D eigenvalue weighted by Gasteiger charge is 2.19. The summed E-state index contributed by atoms with van der Waals surface area (Å²) in [5.74, 6) is 0.888. The van der Waals surface area contributed by atoms with Crippen LogP contribution in [-0.2, 0) is 0 Å². The van der Waals surface area contributed by atoms with E-state index in [4.69, 9.17) is 10.00 Å². The summed E-state index contributed by atoms with van der Waals surface area (Å²) < 4.78 is 17.8. The SMILES string of the molecule is CCN(CCN(C)c1cc(C#N)ccn1)C(=O)c1ccccc1OCCF. The van der Waals surface area contributed by atoms with E-state index in [1.165, 1.54) is 0 Å². The first-order valence-electron chi connectivity index (χ1n) is 8.75. The molecular formula is C20H23FN4O2. The average molecular weight is 370 g/mol. The van der Waals surface area contributed by atoms with Crippen molar-refractivity contribution >= 4 is 11.7 Å². The summed E-state index contributed by atoms with van der Waals surface area (Å²) in [6, 6.07) is 12.3. The zero-order valence-electron chi connectivity index (χ0n) is 15.6. The van der Waals surface area contributed by atoms with E-state index in [-0.39, 0.29) is 12.5 Å². The molecule has 0 atom stereocenters. The molecule has 0 saturated heterocycles. The van der Waals surface area contributed by atoms with E-state index in [9.17, 15) is 9.18 Å². The highest BCUT2D eigenvalue weighted by Crippen LogP contribution is 2.20. The van der Waals surface area contributed by atoms with Crippen LogP contribution in [0.1, 0.15) is 22.8 Å². The molecule has 0 bridgehead atoms. The van der Waals surface area contributed by atoms with Gasteiger partial charge in [-0.25, -0.2) is 9.37 Å². The molecule has 0 aliphatic rings. The number of nitrogens with zero attached hydrogens (tertiary/aromatic N) is 4. The minimum absolute atomic E-state index is 0.0833. The van der Waals surface area contributed by atoms with Crippen molar-refractivity contribution in [2.75, 3.05) is 44.9 Å². The lowest BCUT2D eigenvalue weighted by atomic mass is 10.1. The van der Waals surface area contributed by atoms with Crippen LogP contribution in [0.3, 0.4) is 0 Å². The number of nitriles is 1. The summed E-state index contributed by atoms with van der Waals surface area (Å²) in [6.45, 7) is 2.75. The Morgan fingerprint density at radius 3 is 2.78 bits per heavy atom. The number of amides is 1. The number of ether oxygens (including phenoxy) is 1. The van der Waals surface area contributed by atoms with Crippen molar-refractivity contribution in [3.8, 4) is 11.8 Å². The first-order chi connectivity index (χ1) is 13.1. The number of carbonyl (C=O) groups excluding carboxylic acids is 1. The van der Waals surface area contributed by atoms with Gasteiger partial charge in [-0.05, 0) is 31.2 Å². The number of hydrogen-bond acceptors (Lipinski definition) is 5. The quantitative estimate of drug-likeness (QED) is 0.679. The first kappa shape index (κ1) is 20.2. The molecule has 2 aromatic rings. The fourth-order valence-corrected chi connectivity index (χ4v) is 2.57. The second kappa shape index (κ2) is 10.1. The monoisotopic (exact) mass is 370 g/mol. The molecular weight excluding hydrogens is 347 g/mol. The van der Waals surface area contributed by atoms with Crippen molar-refractivity contribution in [2.45, 2.75) is 6.92 Å². The Morgan fingerprint density at radius 2 is 2.07 bits per heavy atom. The van der Waals surface area contributed by atoms with Gasteiger partial charge in [0.1, 0.15) is 24.8 Å². The lowest BCUT2D eigenvalue weighted by Gasteiger charge is -2.26. The molecule has 0 radical (unpaired) electrons. The van der Waals surface area contributed by atoms with Gasteiger partial charge < -0.3 is 14.5 Å². The van der Waals surface area contributed by atoms with Gasteiger partial charge in [-0.2, -0.15) is 5.26 Å². The number of para-hydroxylation sites is 1. The van der Waals surface area contributed by atoms with Gasteiger partial charge in [-0.15, -0.1) is 0 Å². The molecule has 0 fully saturated rings. The van der Waals surface area contributed by atoms with Crippen molar-refractivity contribution in [3.05, 3.63) is 53.7 Å². The maximum atomic E-state index is 12.9. The van der Waals surface area contributed by atoms with E-state index in [2.05, 4.69) is 11.1 Å². The minimum Gasteiger partial charge on any atom is -0.490 e. The van der Waals surface area contributed by atoms with E-state index < -0.39 is 6.67 Å². The Morgan fingerprint density at radius 1 is 1.30 bits per heavy atom. The van der Waals surface area contributed by atoms with Crippen molar-refractivity contribution in [3.63, 3.8) is 0 Å². The summed E-state index contributed by atoms with van der Waals surface area (Å²) in [5.41, 5.74) is 0.953. The van der Waals surface area contributed by atoms with Gasteiger partial charge in [-0.1, -0.05) is 12.1 Å². The maximum Gasteiger partial charge on any atom is 0.257 e. The minimum atomic E-state index is -0.612. The number of benzene rings is 1. The van der Waals surface area contributed by atoms with Crippen LogP contribution in [0.15, 0.2) is 42.6 Å². The molecule has 2 rings (SSSR count). The van der Waals surface area contributed by atoms with Gasteiger partial charge >= 0.3 is 0 Å². The van der Waals surface area contributed by atoms with Gasteiger partial charge in [0.25, 0.3) is 5.91 Å². The summed E-state index contributed by atoms with van der Waals surface area (Å²) in [6.07, 6.45) is 1.59. The van der Waals surface area contributed by atoms with Crippen LogP contribution in [0, 0.1) is 11.3 Å². The predicted octanol–water partition coefficient (Wildman–Crippen LogP) is 2.90. The zero-order chi connectivity index (χ0) is 19.6. The fourth-order valence-electron chi connectivity index (χ4n) is 2.57. The molecule has 6 nitrogen and oxygen atoms in total. The lowest BCUT2D eigenvalue weighted by Crippen LogP contribution is -2.38. The molecule has 0 spiro atoms. The molecule has 142 valence electrons. The van der Waals surface area contributed by atoms with Crippen molar-refractivity contribution in [1.82, 2.24) is 9.88 Å². The Balaban J connectivity index is 2.06. The molecule has 0 N–H and O–H groups in total. The number of rotatable bonds is 9. The third kappa shape index (κ3) is 5.42. The summed E-state index contributed by atoms with van der Waals surface area (Å²) >= 11 is 0. The zero-order valence-corrected chi connectivity index (χ0v) is 15.6. The van der Waals surface area contributed by atoms with Gasteiger partial charge in [0, 0.05) is 32.9 Å². The van der Waals surface area contributed by atoms with E-state index in [0.29, 0.717) is 42.3 Å². The van der Waals surface area contributed by atoms with Crippen LogP contribution in [0.25, 0.3) is 0 Å². The summed E-state index contributed by atoms with van der Waals surface area (Å²) in [4.78, 5) is 20.7. The van der Waals surface area contributed by atoms with E-state index in [1.54, 1.807) is 47.5 Å². The van der Waals surface area contributed by atoms with Gasteiger partial charge in [0.05, 0.1) is 17.2 Å². The highest BCUT2D eigenvalue weighted by atomic mass is 19.1. The van der Waals surface area contributed by atoms with E-state index in [1.807, 2.05) is 18.9 Å². The van der Waals surface area contributed by atoms with Crippen molar-refractivity contribution < 1.29 is 13.9 Å². The molecule has 1 amide bonds. The summed E-state index contributed by atoms with van der Waals surface area (Å²) in [5, 5.41) is 9.00. The lowest BCUT2D eigenvalue weighted by molar-refractivity contribution is 0.0764. The van der Waals surface area contributed by atoms with Crippen LogP contribution in [0.4, 0.5) is 10.2 Å². The van der Waals surface area contributed by atoms with Gasteiger partial charge in [-0.3, -0.25) is 4.79 Å². The Kier molecular flexibility index (Phi) is 7.56. The summed E-state index contributed by atoms with van der Waals surface area (Å²) in [7, 11) is 1.86. The third-order valence-electron chi connectivity index (χ3n) is 4.09. The first-order valence-corrected chi connectivity index (χ1v) is 8.75. The number of likely N-dealkylation sites (N-methyl/N-ethyl adjacent to an activating group) is 2. The second-order valence-electron chi connectivity index (χ2n) is 5.85. The molecule has 1 aromatic carbocycles. The Hall–Kier alpha value is -3.14. The molecule has 1 aromatic heterocycles. The number of hydrogen-bond donors (Lipinski definition) is 0. The second-order valence-corrected chi connectivity index (χ2v) is 5.85. The number of anilines is 1. The van der Waals surface area contributed by atoms with Gasteiger partial charge in [0.2, 0.25) is 0 Å². The number of aromatic nitrogens is 1. The molecule has 7 heteroatoms. The maximum absolute atomic E-state index is 12.9. The molecule has 1 heterocycles. The smallest absolute Gasteiger partial charge is 0.257 e. The van der Waals surface area contributed by atoms with Crippen LogP contribution in [-0.4, -0.2) is 55.8 Å². The largest absolute Gasteiger partial charge is 0.490 e. The Labute approximate surface area is 158 Å². The average Bonchev–Trinajstić information content (AvgIpc) is 2.72. The molecule has 0 unspecified atom stereocenters.